The number of fused-ring (bicyclic) bond motifs is 15. The maximum absolute atomic E-state index is 6.34. The summed E-state index contributed by atoms with van der Waals surface area (Å²) in [6.45, 7) is 0. The summed E-state index contributed by atoms with van der Waals surface area (Å²) >= 11 is 0. The highest BCUT2D eigenvalue weighted by atomic mass is 16.3. The van der Waals surface area contributed by atoms with Gasteiger partial charge in [-0.15, -0.1) is 0 Å². The Hall–Kier alpha value is -5.68. The third-order valence-corrected chi connectivity index (χ3v) is 8.51. The average molecular weight is 525 g/mol. The van der Waals surface area contributed by atoms with Crippen LogP contribution < -0.4 is 0 Å². The van der Waals surface area contributed by atoms with Crippen LogP contribution in [0, 0.1) is 0 Å². The van der Waals surface area contributed by atoms with Gasteiger partial charge in [-0.25, -0.2) is 9.97 Å². The van der Waals surface area contributed by atoms with Crippen LogP contribution in [0.1, 0.15) is 0 Å². The van der Waals surface area contributed by atoms with Crippen molar-refractivity contribution in [3.8, 4) is 5.69 Å². The largest absolute Gasteiger partial charge is 0.456 e. The molecule has 0 bridgehead atoms. The molecule has 190 valence electrons. The molecule has 0 fully saturated rings. The number of nitrogens with zero attached hydrogens (tertiary/aromatic N) is 4. The first-order valence-corrected chi connectivity index (χ1v) is 13.8. The monoisotopic (exact) mass is 524 g/mol. The van der Waals surface area contributed by atoms with E-state index in [0.717, 1.165) is 77.1 Å². The van der Waals surface area contributed by atoms with E-state index in [1.807, 2.05) is 30.5 Å². The summed E-state index contributed by atoms with van der Waals surface area (Å²) < 4.78 is 10.9. The molecule has 0 unspecified atom stereocenters. The highest BCUT2D eigenvalue weighted by molar-refractivity contribution is 6.27. The van der Waals surface area contributed by atoms with Crippen LogP contribution in [0.3, 0.4) is 0 Å². The van der Waals surface area contributed by atoms with Gasteiger partial charge in [0.05, 0.1) is 27.5 Å². The molecule has 0 spiro atoms. The summed E-state index contributed by atoms with van der Waals surface area (Å²) in [6, 6.07) is 40.4. The number of aromatic nitrogens is 4. The molecule has 5 aromatic carbocycles. The molecule has 5 heteroatoms. The van der Waals surface area contributed by atoms with Crippen LogP contribution in [-0.4, -0.2) is 18.9 Å². The number of furan rings is 1. The number of imidazole rings is 1. The molecule has 5 aromatic heterocycles. The molecule has 0 radical (unpaired) electrons. The van der Waals surface area contributed by atoms with Gasteiger partial charge >= 0.3 is 0 Å². The van der Waals surface area contributed by atoms with E-state index in [4.69, 9.17) is 14.4 Å². The van der Waals surface area contributed by atoms with Crippen LogP contribution >= 0.6 is 0 Å². The van der Waals surface area contributed by atoms with Crippen LogP contribution in [0.15, 0.2) is 126 Å². The lowest BCUT2D eigenvalue weighted by Crippen LogP contribution is -1.96. The van der Waals surface area contributed by atoms with Crippen LogP contribution in [0.2, 0.25) is 0 Å². The van der Waals surface area contributed by atoms with Crippen LogP contribution in [-0.2, 0) is 0 Å². The summed E-state index contributed by atoms with van der Waals surface area (Å²) in [5.74, 6) is 0. The number of hydrogen-bond acceptors (Lipinski definition) is 3. The first-order chi connectivity index (χ1) is 20.3. The quantitative estimate of drug-likeness (QED) is 0.201. The molecule has 0 saturated heterocycles. The van der Waals surface area contributed by atoms with Crippen molar-refractivity contribution < 1.29 is 4.42 Å². The Morgan fingerprint density at radius 2 is 1.37 bits per heavy atom. The first-order valence-electron chi connectivity index (χ1n) is 13.8. The fourth-order valence-electron chi connectivity index (χ4n) is 6.82. The van der Waals surface area contributed by atoms with Gasteiger partial charge in [0.25, 0.3) is 0 Å². The number of hydrogen-bond donors (Lipinski definition) is 0. The minimum Gasteiger partial charge on any atom is -0.456 e. The smallest absolute Gasteiger partial charge is 0.147 e. The molecular weight excluding hydrogens is 504 g/mol. The van der Waals surface area contributed by atoms with Gasteiger partial charge in [0.2, 0.25) is 0 Å². The van der Waals surface area contributed by atoms with Crippen molar-refractivity contribution in [1.29, 1.82) is 0 Å². The van der Waals surface area contributed by atoms with Gasteiger partial charge in [-0.1, -0.05) is 48.5 Å². The normalized spacial score (nSPS) is 12.4. The molecule has 0 aliphatic carbocycles. The SMILES string of the molecule is c1ccc(-n2c3cc4c(cc3c3ccc5oc6ccccc6c5c32)c2cccnc2n2c3ccccc3nc42)cc1. The second-order valence-corrected chi connectivity index (χ2v) is 10.7. The highest BCUT2D eigenvalue weighted by Gasteiger charge is 2.22. The van der Waals surface area contributed by atoms with E-state index >= 15 is 0 Å². The van der Waals surface area contributed by atoms with E-state index in [1.165, 1.54) is 10.8 Å². The fourth-order valence-corrected chi connectivity index (χ4v) is 6.82. The fraction of sp³-hybridized carbons (Fsp3) is 0. The zero-order valence-corrected chi connectivity index (χ0v) is 21.7. The van der Waals surface area contributed by atoms with Crippen molar-refractivity contribution in [2.75, 3.05) is 0 Å². The van der Waals surface area contributed by atoms with Crippen LogP contribution in [0.5, 0.6) is 0 Å². The van der Waals surface area contributed by atoms with E-state index in [1.54, 1.807) is 0 Å². The molecule has 0 amide bonds. The third kappa shape index (κ3) is 2.65. The van der Waals surface area contributed by atoms with Crippen molar-refractivity contribution in [3.63, 3.8) is 0 Å². The molecule has 10 rings (SSSR count). The molecule has 5 heterocycles. The average Bonchev–Trinajstić information content (AvgIpc) is 3.70. The van der Waals surface area contributed by atoms with E-state index < -0.39 is 0 Å². The maximum atomic E-state index is 6.34. The molecule has 0 saturated carbocycles. The second kappa shape index (κ2) is 7.49. The molecule has 41 heavy (non-hydrogen) atoms. The Balaban J connectivity index is 1.51. The van der Waals surface area contributed by atoms with Crippen molar-refractivity contribution in [2.45, 2.75) is 0 Å². The Bertz CT molecular complexity index is 2690. The molecule has 0 aliphatic rings. The first kappa shape index (κ1) is 21.2. The molecule has 0 atom stereocenters. The molecule has 0 aliphatic heterocycles. The number of pyridine rings is 2. The van der Waals surface area contributed by atoms with Gasteiger partial charge in [-0.05, 0) is 72.1 Å². The zero-order chi connectivity index (χ0) is 26.7. The van der Waals surface area contributed by atoms with Crippen molar-refractivity contribution in [1.82, 2.24) is 18.9 Å². The van der Waals surface area contributed by atoms with E-state index in [-0.39, 0.29) is 0 Å². The predicted octanol–water partition coefficient (Wildman–Crippen LogP) is 9.19. The Morgan fingerprint density at radius 3 is 2.32 bits per heavy atom. The second-order valence-electron chi connectivity index (χ2n) is 10.7. The summed E-state index contributed by atoms with van der Waals surface area (Å²) in [7, 11) is 0. The summed E-state index contributed by atoms with van der Waals surface area (Å²) in [5.41, 5.74) is 9.02. The van der Waals surface area contributed by atoms with E-state index in [0.29, 0.717) is 0 Å². The van der Waals surface area contributed by atoms with Gasteiger partial charge in [0.15, 0.2) is 0 Å². The lowest BCUT2D eigenvalue weighted by molar-refractivity contribution is 0.669. The Morgan fingerprint density at radius 1 is 0.537 bits per heavy atom. The van der Waals surface area contributed by atoms with Gasteiger partial charge in [0, 0.05) is 38.8 Å². The summed E-state index contributed by atoms with van der Waals surface area (Å²) in [6.07, 6.45) is 1.86. The van der Waals surface area contributed by atoms with Crippen LogP contribution in [0.4, 0.5) is 0 Å². The van der Waals surface area contributed by atoms with Crippen molar-refractivity contribution in [3.05, 3.63) is 121 Å². The van der Waals surface area contributed by atoms with Gasteiger partial charge in [-0.3, -0.25) is 4.40 Å². The molecule has 5 nitrogen and oxygen atoms in total. The summed E-state index contributed by atoms with van der Waals surface area (Å²) in [4.78, 5) is 9.99. The molecular formula is C36H20N4O. The minimum atomic E-state index is 0.889. The maximum Gasteiger partial charge on any atom is 0.147 e. The number of para-hydroxylation sites is 4. The predicted molar refractivity (Wildman–Crippen MR) is 167 cm³/mol. The third-order valence-electron chi connectivity index (χ3n) is 8.51. The van der Waals surface area contributed by atoms with Crippen LogP contribution in [0.25, 0.3) is 87.9 Å². The lowest BCUT2D eigenvalue weighted by atomic mass is 10.0. The standard InChI is InChI=1S/C36H20N4O/c1-2-9-21(10-3-1)39-30-20-27-25(23-12-8-18-37-35(23)40-29-14-6-5-13-28(29)38-36(27)40)19-26(30)22-16-17-32-33(34(22)39)24-11-4-7-15-31(24)41-32/h1-20H. The summed E-state index contributed by atoms with van der Waals surface area (Å²) in [5, 5.41) is 7.98. The topological polar surface area (TPSA) is 48.3 Å². The Kier molecular flexibility index (Phi) is 3.87. The zero-order valence-electron chi connectivity index (χ0n) is 21.7. The molecule has 10 aromatic rings. The number of rotatable bonds is 1. The minimum absolute atomic E-state index is 0.889. The highest BCUT2D eigenvalue weighted by Crippen LogP contribution is 2.43. The van der Waals surface area contributed by atoms with E-state index in [9.17, 15) is 0 Å². The number of benzene rings is 5. The van der Waals surface area contributed by atoms with E-state index in [2.05, 4.69) is 100.0 Å². The van der Waals surface area contributed by atoms with Gasteiger partial charge < -0.3 is 8.98 Å². The van der Waals surface area contributed by atoms with Crippen molar-refractivity contribution in [2.24, 2.45) is 0 Å². The van der Waals surface area contributed by atoms with Crippen molar-refractivity contribution >= 4 is 82.2 Å². The Labute approximate surface area is 232 Å². The lowest BCUT2D eigenvalue weighted by Gasteiger charge is -2.11. The van der Waals surface area contributed by atoms with Gasteiger partial charge in [0.1, 0.15) is 22.5 Å². The molecule has 0 N–H and O–H groups in total. The van der Waals surface area contributed by atoms with Gasteiger partial charge in [-0.2, -0.15) is 0 Å².